The first-order valence-corrected chi connectivity index (χ1v) is 10.4. The second kappa shape index (κ2) is 10.5. The highest BCUT2D eigenvalue weighted by Gasteiger charge is 2.25. The molecule has 0 spiro atoms. The molecule has 0 saturated carbocycles. The van der Waals surface area contributed by atoms with Crippen LogP contribution in [-0.4, -0.2) is 45.3 Å². The summed E-state index contributed by atoms with van der Waals surface area (Å²) in [5.74, 6) is -0.974. The molecule has 3 rings (SSSR count). The predicted octanol–water partition coefficient (Wildman–Crippen LogP) is 4.00. The maximum Gasteiger partial charge on any atom is 0.342 e. The molecule has 1 aromatic carbocycles. The summed E-state index contributed by atoms with van der Waals surface area (Å²) in [5.41, 5.74) is 0.774. The van der Waals surface area contributed by atoms with Crippen molar-refractivity contribution in [2.24, 2.45) is 0 Å². The zero-order chi connectivity index (χ0) is 23.1. The Labute approximate surface area is 187 Å². The molecule has 168 valence electrons. The van der Waals surface area contributed by atoms with E-state index in [1.54, 1.807) is 36.6 Å². The van der Waals surface area contributed by atoms with E-state index in [2.05, 4.69) is 5.32 Å². The molecule has 0 aliphatic heterocycles. The maximum absolute atomic E-state index is 12.5. The van der Waals surface area contributed by atoms with Gasteiger partial charge in [-0.1, -0.05) is 6.07 Å². The first-order chi connectivity index (χ1) is 15.5. The molecule has 0 aliphatic carbocycles. The lowest BCUT2D eigenvalue weighted by Gasteiger charge is -2.12. The van der Waals surface area contributed by atoms with Gasteiger partial charge in [-0.15, -0.1) is 11.3 Å². The van der Waals surface area contributed by atoms with Gasteiger partial charge in [0.05, 0.1) is 27.1 Å². The van der Waals surface area contributed by atoms with Crippen LogP contribution in [0.15, 0.2) is 46.4 Å². The third kappa shape index (κ3) is 4.92. The third-order valence-electron chi connectivity index (χ3n) is 4.27. The first kappa shape index (κ1) is 22.9. The third-order valence-corrected chi connectivity index (χ3v) is 5.16. The molecule has 2 heterocycles. The number of hydrogen-bond donors (Lipinski definition) is 1. The molecule has 0 aliphatic rings. The molecular formula is C22H21NO8S. The number of carbonyl (C=O) groups excluding carboxylic acids is 3. The average molecular weight is 459 g/mol. The number of rotatable bonds is 9. The smallest absolute Gasteiger partial charge is 0.342 e. The number of para-hydroxylation sites is 1. The van der Waals surface area contributed by atoms with Crippen LogP contribution in [-0.2, 0) is 14.3 Å². The number of hydrogen-bond acceptors (Lipinski definition) is 9. The number of anilines is 1. The molecule has 1 N–H and O–H groups in total. The number of methoxy groups -OCH3 is 2. The molecular weight excluding hydrogens is 438 g/mol. The van der Waals surface area contributed by atoms with E-state index >= 15 is 0 Å². The monoisotopic (exact) mass is 459 g/mol. The standard InChI is InChI=1S/C22H21NO8S/c1-4-29-22(26)18-14(15-9-6-10-30-15)12-32-20(18)23-17(24)11-31-21(25)13-7-5-8-16(27-2)19(13)28-3/h5-10,12H,4,11H2,1-3H3,(H,23,24). The van der Waals surface area contributed by atoms with Crippen LogP contribution in [0.5, 0.6) is 11.5 Å². The normalized spacial score (nSPS) is 10.3. The van der Waals surface area contributed by atoms with Crippen molar-refractivity contribution in [2.75, 3.05) is 32.8 Å². The zero-order valence-corrected chi connectivity index (χ0v) is 18.4. The summed E-state index contributed by atoms with van der Waals surface area (Å²) in [6.45, 7) is 1.27. The van der Waals surface area contributed by atoms with Crippen LogP contribution >= 0.6 is 11.3 Å². The summed E-state index contributed by atoms with van der Waals surface area (Å²) in [7, 11) is 2.84. The van der Waals surface area contributed by atoms with Crippen molar-refractivity contribution in [1.29, 1.82) is 0 Å². The van der Waals surface area contributed by atoms with Crippen LogP contribution in [0.1, 0.15) is 27.6 Å². The van der Waals surface area contributed by atoms with Crippen molar-refractivity contribution in [2.45, 2.75) is 6.92 Å². The van der Waals surface area contributed by atoms with E-state index in [9.17, 15) is 14.4 Å². The number of thiophene rings is 1. The van der Waals surface area contributed by atoms with E-state index in [1.165, 1.54) is 26.5 Å². The van der Waals surface area contributed by atoms with Crippen molar-refractivity contribution < 1.29 is 37.7 Å². The van der Waals surface area contributed by atoms with Crippen molar-refractivity contribution >= 4 is 34.2 Å². The molecule has 32 heavy (non-hydrogen) atoms. The Bertz CT molecular complexity index is 1100. The van der Waals surface area contributed by atoms with Crippen LogP contribution in [0.4, 0.5) is 5.00 Å². The van der Waals surface area contributed by atoms with E-state index in [1.807, 2.05) is 0 Å². The Morgan fingerprint density at radius 2 is 1.84 bits per heavy atom. The van der Waals surface area contributed by atoms with Gasteiger partial charge >= 0.3 is 11.9 Å². The molecule has 0 radical (unpaired) electrons. The lowest BCUT2D eigenvalue weighted by Crippen LogP contribution is -2.22. The first-order valence-electron chi connectivity index (χ1n) is 9.50. The van der Waals surface area contributed by atoms with Gasteiger partial charge in [-0.25, -0.2) is 9.59 Å². The van der Waals surface area contributed by atoms with Gasteiger partial charge < -0.3 is 28.7 Å². The van der Waals surface area contributed by atoms with Gasteiger partial charge in [0.25, 0.3) is 5.91 Å². The van der Waals surface area contributed by atoms with Crippen LogP contribution < -0.4 is 14.8 Å². The summed E-state index contributed by atoms with van der Waals surface area (Å²) in [5, 5.41) is 4.53. The van der Waals surface area contributed by atoms with Gasteiger partial charge in [0, 0.05) is 10.9 Å². The number of furan rings is 1. The highest BCUT2D eigenvalue weighted by molar-refractivity contribution is 7.15. The Kier molecular flexibility index (Phi) is 7.50. The largest absolute Gasteiger partial charge is 0.493 e. The van der Waals surface area contributed by atoms with Crippen molar-refractivity contribution in [1.82, 2.24) is 0 Å². The van der Waals surface area contributed by atoms with Crippen molar-refractivity contribution in [3.63, 3.8) is 0 Å². The fourth-order valence-electron chi connectivity index (χ4n) is 2.89. The molecule has 0 atom stereocenters. The highest BCUT2D eigenvalue weighted by atomic mass is 32.1. The number of esters is 2. The van der Waals surface area contributed by atoms with Crippen molar-refractivity contribution in [3.05, 3.63) is 53.1 Å². The Morgan fingerprint density at radius 1 is 1.03 bits per heavy atom. The second-order valence-electron chi connectivity index (χ2n) is 6.22. The summed E-state index contributed by atoms with van der Waals surface area (Å²) in [6, 6.07) is 8.11. The number of carbonyl (C=O) groups is 3. The van der Waals surface area contributed by atoms with Crippen LogP contribution in [0.25, 0.3) is 11.3 Å². The second-order valence-corrected chi connectivity index (χ2v) is 7.10. The van der Waals surface area contributed by atoms with Gasteiger partial charge in [-0.3, -0.25) is 4.79 Å². The maximum atomic E-state index is 12.5. The fraction of sp³-hybridized carbons (Fsp3) is 0.227. The molecule has 10 heteroatoms. The van der Waals surface area contributed by atoms with Crippen LogP contribution in [0, 0.1) is 0 Å². The van der Waals surface area contributed by atoms with Gasteiger partial charge in [-0.05, 0) is 31.2 Å². The fourth-order valence-corrected chi connectivity index (χ4v) is 3.84. The van der Waals surface area contributed by atoms with E-state index < -0.39 is 24.5 Å². The Hall–Kier alpha value is -3.79. The minimum absolute atomic E-state index is 0.114. The van der Waals surface area contributed by atoms with E-state index in [4.69, 9.17) is 23.4 Å². The van der Waals surface area contributed by atoms with Crippen molar-refractivity contribution in [3.8, 4) is 22.8 Å². The molecule has 0 bridgehead atoms. The number of benzene rings is 1. The molecule has 0 unspecified atom stereocenters. The lowest BCUT2D eigenvalue weighted by molar-refractivity contribution is -0.119. The molecule has 0 fully saturated rings. The van der Waals surface area contributed by atoms with E-state index in [0.29, 0.717) is 17.1 Å². The highest BCUT2D eigenvalue weighted by Crippen LogP contribution is 2.36. The Balaban J connectivity index is 1.73. The molecule has 1 amide bonds. The SMILES string of the molecule is CCOC(=O)c1c(-c2ccco2)csc1NC(=O)COC(=O)c1cccc(OC)c1OC. The summed E-state index contributed by atoms with van der Waals surface area (Å²) >= 11 is 1.13. The van der Waals surface area contributed by atoms with Gasteiger partial charge in [0.15, 0.2) is 18.1 Å². The van der Waals surface area contributed by atoms with Crippen LogP contribution in [0.3, 0.4) is 0 Å². The lowest BCUT2D eigenvalue weighted by atomic mass is 10.1. The average Bonchev–Trinajstić information content (AvgIpc) is 3.46. The summed E-state index contributed by atoms with van der Waals surface area (Å²) < 4.78 is 26.0. The quantitative estimate of drug-likeness (QED) is 0.478. The zero-order valence-electron chi connectivity index (χ0n) is 17.6. The van der Waals surface area contributed by atoms with Gasteiger partial charge in [0.2, 0.25) is 0 Å². The molecule has 3 aromatic rings. The minimum atomic E-state index is -0.760. The predicted molar refractivity (Wildman–Crippen MR) is 116 cm³/mol. The number of nitrogens with one attached hydrogen (secondary N) is 1. The Morgan fingerprint density at radius 3 is 2.50 bits per heavy atom. The van der Waals surface area contributed by atoms with Gasteiger partial charge in [0.1, 0.15) is 21.9 Å². The topological polar surface area (TPSA) is 113 Å². The number of amides is 1. The number of ether oxygens (including phenoxy) is 4. The molecule has 9 nitrogen and oxygen atoms in total. The minimum Gasteiger partial charge on any atom is -0.493 e. The molecule has 0 saturated heterocycles. The molecule has 2 aromatic heterocycles. The van der Waals surface area contributed by atoms with E-state index in [-0.39, 0.29) is 28.5 Å². The summed E-state index contributed by atoms with van der Waals surface area (Å²) in [6.07, 6.45) is 1.48. The van der Waals surface area contributed by atoms with E-state index in [0.717, 1.165) is 11.3 Å². The summed E-state index contributed by atoms with van der Waals surface area (Å²) in [4.78, 5) is 37.4. The van der Waals surface area contributed by atoms with Crippen LogP contribution in [0.2, 0.25) is 0 Å². The van der Waals surface area contributed by atoms with Gasteiger partial charge in [-0.2, -0.15) is 0 Å².